The molecule has 0 saturated carbocycles. The van der Waals surface area contributed by atoms with Crippen molar-refractivity contribution in [3.05, 3.63) is 23.8 Å². The first-order valence-corrected chi connectivity index (χ1v) is 10.1. The number of ether oxygens (including phenoxy) is 2. The highest BCUT2D eigenvalue weighted by Gasteiger charge is 2.35. The molecule has 2 aliphatic heterocycles. The maximum Gasteiger partial charge on any atom is 0.417 e. The molecule has 3 heterocycles. The highest BCUT2D eigenvalue weighted by Crippen LogP contribution is 2.43. The molecule has 1 saturated heterocycles. The number of pyridine rings is 1. The van der Waals surface area contributed by atoms with Gasteiger partial charge in [0.1, 0.15) is 0 Å². The maximum absolute atomic E-state index is 13.5. The van der Waals surface area contributed by atoms with Crippen molar-refractivity contribution in [2.24, 2.45) is 0 Å². The van der Waals surface area contributed by atoms with Crippen molar-refractivity contribution in [3.8, 4) is 11.5 Å². The summed E-state index contributed by atoms with van der Waals surface area (Å²) in [4.78, 5) is 4.27. The van der Waals surface area contributed by atoms with Gasteiger partial charge in [-0.25, -0.2) is 13.4 Å². The number of aromatic nitrogens is 1. The molecule has 2 aromatic rings. The first-order valence-electron chi connectivity index (χ1n) is 7.40. The lowest BCUT2D eigenvalue weighted by molar-refractivity contribution is -0.136. The third-order valence-corrected chi connectivity index (χ3v) is 7.23. The lowest BCUT2D eigenvalue weighted by atomic mass is 10.1. The molecule has 0 aliphatic carbocycles. The second-order valence-corrected chi connectivity index (χ2v) is 9.42. The molecule has 5 nitrogen and oxygen atoms in total. The smallest absolute Gasteiger partial charge is 0.417 e. The number of hydrogen-bond acceptors (Lipinski definition) is 6. The van der Waals surface area contributed by atoms with Crippen LogP contribution >= 0.6 is 11.8 Å². The van der Waals surface area contributed by atoms with Crippen molar-refractivity contribution >= 4 is 32.5 Å². The number of nitrogens with zero attached hydrogens (tertiary/aromatic N) is 1. The van der Waals surface area contributed by atoms with Crippen LogP contribution in [0.15, 0.2) is 23.2 Å². The van der Waals surface area contributed by atoms with E-state index in [9.17, 15) is 21.6 Å². The van der Waals surface area contributed by atoms with Crippen LogP contribution in [0, 0.1) is 0 Å². The highest BCUT2D eigenvalue weighted by molar-refractivity contribution is 8.01. The predicted octanol–water partition coefficient (Wildman–Crippen LogP) is 3.26. The van der Waals surface area contributed by atoms with E-state index in [0.29, 0.717) is 12.2 Å². The average Bonchev–Trinajstić information content (AvgIpc) is 3.08. The third-order valence-electron chi connectivity index (χ3n) is 4.06. The molecule has 1 atom stereocenters. The number of halogens is 3. The molecule has 0 bridgehead atoms. The lowest BCUT2D eigenvalue weighted by Crippen LogP contribution is -2.09. The standard InChI is InChI=1S/C15H12F3NO4S2/c16-15(17,18)10-4-14(24-8-1-2-25(20,21)6-8)19-11-5-13-12(3-9(10)11)22-7-23-13/h3-5,8H,1-2,6-7H2/t8-/m0/s1. The molecule has 1 aromatic heterocycles. The normalized spacial score (nSPS) is 21.8. The Labute approximate surface area is 145 Å². The minimum Gasteiger partial charge on any atom is -0.454 e. The molecule has 0 radical (unpaired) electrons. The van der Waals surface area contributed by atoms with Gasteiger partial charge in [0.2, 0.25) is 6.79 Å². The number of fused-ring (bicyclic) bond motifs is 2. The fourth-order valence-electron chi connectivity index (χ4n) is 2.91. The minimum absolute atomic E-state index is 0.0418. The molecule has 0 amide bonds. The Balaban J connectivity index is 1.79. The van der Waals surface area contributed by atoms with Crippen molar-refractivity contribution in [3.63, 3.8) is 0 Å². The van der Waals surface area contributed by atoms with E-state index in [2.05, 4.69) is 4.98 Å². The molecule has 10 heteroatoms. The first kappa shape index (κ1) is 16.8. The van der Waals surface area contributed by atoms with E-state index >= 15 is 0 Å². The van der Waals surface area contributed by atoms with E-state index in [4.69, 9.17) is 9.47 Å². The summed E-state index contributed by atoms with van der Waals surface area (Å²) in [6, 6.07) is 3.67. The Morgan fingerprint density at radius 1 is 1.16 bits per heavy atom. The van der Waals surface area contributed by atoms with Gasteiger partial charge in [-0.05, 0) is 18.6 Å². The highest BCUT2D eigenvalue weighted by atomic mass is 32.2. The van der Waals surface area contributed by atoms with Crippen LogP contribution in [0.2, 0.25) is 0 Å². The largest absolute Gasteiger partial charge is 0.454 e. The van der Waals surface area contributed by atoms with Gasteiger partial charge in [-0.1, -0.05) is 0 Å². The van der Waals surface area contributed by atoms with Crippen LogP contribution in [0.1, 0.15) is 12.0 Å². The molecule has 0 N–H and O–H groups in total. The van der Waals surface area contributed by atoms with E-state index in [1.165, 1.54) is 12.1 Å². The van der Waals surface area contributed by atoms with Crippen LogP contribution in [-0.2, 0) is 16.0 Å². The van der Waals surface area contributed by atoms with Gasteiger partial charge >= 0.3 is 6.18 Å². The Kier molecular flexibility index (Phi) is 3.80. The van der Waals surface area contributed by atoms with Crippen LogP contribution in [0.4, 0.5) is 13.2 Å². The van der Waals surface area contributed by atoms with Crippen LogP contribution in [-0.4, -0.2) is 37.0 Å². The number of hydrogen-bond donors (Lipinski definition) is 0. The Bertz CT molecular complexity index is 959. The fourth-order valence-corrected chi connectivity index (χ4v) is 6.41. The average molecular weight is 391 g/mol. The van der Waals surface area contributed by atoms with E-state index in [-0.39, 0.29) is 45.2 Å². The lowest BCUT2D eigenvalue weighted by Gasteiger charge is -2.14. The van der Waals surface area contributed by atoms with Crippen LogP contribution < -0.4 is 9.47 Å². The molecule has 0 spiro atoms. The molecule has 4 rings (SSSR count). The Hall–Kier alpha value is -1.68. The molecule has 0 unspecified atom stereocenters. The SMILES string of the molecule is O=S1(=O)CC[C@H](Sc2cc(C(F)(F)F)c3cc4c(cc3n2)OCO4)C1. The van der Waals surface area contributed by atoms with Gasteiger partial charge in [0.15, 0.2) is 21.3 Å². The molecule has 2 aliphatic rings. The number of sulfone groups is 1. The second kappa shape index (κ2) is 5.66. The van der Waals surface area contributed by atoms with E-state index in [1.807, 2.05) is 0 Å². The summed E-state index contributed by atoms with van der Waals surface area (Å²) in [5.74, 6) is 0.615. The number of alkyl halides is 3. The van der Waals surface area contributed by atoms with Crippen molar-refractivity contribution < 1.29 is 31.1 Å². The number of benzene rings is 1. The van der Waals surface area contributed by atoms with Gasteiger partial charge in [0.25, 0.3) is 0 Å². The molecular weight excluding hydrogens is 379 g/mol. The van der Waals surface area contributed by atoms with E-state index < -0.39 is 21.6 Å². The Morgan fingerprint density at radius 3 is 2.52 bits per heavy atom. The third kappa shape index (κ3) is 3.24. The molecule has 1 aromatic carbocycles. The predicted molar refractivity (Wildman–Crippen MR) is 85.8 cm³/mol. The van der Waals surface area contributed by atoms with Crippen LogP contribution in [0.25, 0.3) is 10.9 Å². The monoisotopic (exact) mass is 391 g/mol. The van der Waals surface area contributed by atoms with E-state index in [0.717, 1.165) is 17.8 Å². The molecule has 134 valence electrons. The summed E-state index contributed by atoms with van der Waals surface area (Å²) in [6.45, 7) is -0.0471. The zero-order chi connectivity index (χ0) is 17.8. The zero-order valence-electron chi connectivity index (χ0n) is 12.7. The van der Waals surface area contributed by atoms with Gasteiger partial charge in [-0.2, -0.15) is 13.2 Å². The summed E-state index contributed by atoms with van der Waals surface area (Å²) in [7, 11) is -3.11. The topological polar surface area (TPSA) is 65.5 Å². The van der Waals surface area contributed by atoms with Gasteiger partial charge in [0, 0.05) is 16.7 Å². The summed E-state index contributed by atoms with van der Waals surface area (Å²) >= 11 is 1.07. The quantitative estimate of drug-likeness (QED) is 0.783. The van der Waals surface area contributed by atoms with Crippen LogP contribution in [0.3, 0.4) is 0 Å². The fraction of sp³-hybridized carbons (Fsp3) is 0.400. The summed E-state index contributed by atoms with van der Waals surface area (Å²) in [5.41, 5.74) is -0.679. The molecule has 1 fully saturated rings. The van der Waals surface area contributed by atoms with Crippen LogP contribution in [0.5, 0.6) is 11.5 Å². The van der Waals surface area contributed by atoms with Gasteiger partial charge in [-0.3, -0.25) is 0 Å². The summed E-state index contributed by atoms with van der Waals surface area (Å²) in [5, 5.41) is -0.203. The maximum atomic E-state index is 13.5. The zero-order valence-corrected chi connectivity index (χ0v) is 14.3. The van der Waals surface area contributed by atoms with Crippen molar-refractivity contribution in [2.75, 3.05) is 18.3 Å². The van der Waals surface area contributed by atoms with Crippen molar-refractivity contribution in [1.82, 2.24) is 4.98 Å². The van der Waals surface area contributed by atoms with E-state index in [1.54, 1.807) is 0 Å². The van der Waals surface area contributed by atoms with Gasteiger partial charge < -0.3 is 9.47 Å². The van der Waals surface area contributed by atoms with Gasteiger partial charge in [0.05, 0.1) is 27.6 Å². The Morgan fingerprint density at radius 2 is 1.88 bits per heavy atom. The summed E-state index contributed by atoms with van der Waals surface area (Å²) in [6.07, 6.45) is -4.15. The van der Waals surface area contributed by atoms with Crippen molar-refractivity contribution in [1.29, 1.82) is 0 Å². The summed E-state index contributed by atoms with van der Waals surface area (Å²) < 4.78 is 73.9. The minimum atomic E-state index is -4.56. The number of rotatable bonds is 2. The second-order valence-electron chi connectivity index (χ2n) is 5.87. The van der Waals surface area contributed by atoms with Crippen molar-refractivity contribution in [2.45, 2.75) is 22.9 Å². The molecular formula is C15H12F3NO4S2. The first-order chi connectivity index (χ1) is 11.7. The molecule has 25 heavy (non-hydrogen) atoms. The number of thioether (sulfide) groups is 1. The van der Waals surface area contributed by atoms with Gasteiger partial charge in [-0.15, -0.1) is 11.8 Å².